The van der Waals surface area contributed by atoms with E-state index in [0.717, 1.165) is 31.9 Å². The van der Waals surface area contributed by atoms with Gasteiger partial charge < -0.3 is 19.3 Å². The Kier molecular flexibility index (Phi) is 5.15. The van der Waals surface area contributed by atoms with Gasteiger partial charge in [-0.1, -0.05) is 71.6 Å². The van der Waals surface area contributed by atoms with Gasteiger partial charge in [-0.15, -0.1) is 0 Å². The van der Waals surface area contributed by atoms with E-state index >= 15 is 0 Å². The summed E-state index contributed by atoms with van der Waals surface area (Å²) < 4.78 is 11.8. The summed E-state index contributed by atoms with van der Waals surface area (Å²) in [6, 6.07) is 34.2. The van der Waals surface area contributed by atoms with Crippen LogP contribution in [0.5, 0.6) is 11.5 Å². The molecule has 2 aliphatic rings. The van der Waals surface area contributed by atoms with Crippen LogP contribution in [0.2, 0.25) is 0 Å². The Morgan fingerprint density at radius 2 is 0.939 bits per heavy atom. The van der Waals surface area contributed by atoms with Gasteiger partial charge in [0, 0.05) is 35.6 Å². The highest BCUT2D eigenvalue weighted by atomic mass is 16.5. The second kappa shape index (κ2) is 8.59. The van der Waals surface area contributed by atoms with Gasteiger partial charge in [0.1, 0.15) is 11.5 Å². The summed E-state index contributed by atoms with van der Waals surface area (Å²) in [6.07, 6.45) is 0. The zero-order valence-corrected chi connectivity index (χ0v) is 18.5. The minimum atomic E-state index is 0.586. The van der Waals surface area contributed by atoms with Crippen LogP contribution in [0.15, 0.2) is 97.1 Å². The van der Waals surface area contributed by atoms with E-state index in [9.17, 15) is 0 Å². The number of anilines is 2. The second-order valence-electron chi connectivity index (χ2n) is 8.67. The first-order valence-corrected chi connectivity index (χ1v) is 11.4. The fourth-order valence-electron chi connectivity index (χ4n) is 4.56. The van der Waals surface area contributed by atoms with Gasteiger partial charge in [0.15, 0.2) is 20.7 Å². The Labute approximate surface area is 195 Å². The molecule has 0 unspecified atom stereocenters. The zero-order valence-electron chi connectivity index (χ0n) is 18.5. The third-order valence-corrected chi connectivity index (χ3v) is 6.43. The van der Waals surface area contributed by atoms with Crippen LogP contribution in [-0.2, 0) is 13.1 Å². The van der Waals surface area contributed by atoms with Crippen LogP contribution in [0.3, 0.4) is 0 Å². The minimum Gasteiger partial charge on any atom is -0.473 e. The van der Waals surface area contributed by atoms with Crippen molar-refractivity contribution in [3.8, 4) is 11.5 Å². The zero-order chi connectivity index (χ0) is 22.0. The number of nitrogens with zero attached hydrogens (tertiary/aromatic N) is 2. The number of rotatable bonds is 4. The highest BCUT2D eigenvalue weighted by Gasteiger charge is 2.18. The van der Waals surface area contributed by atoms with E-state index in [2.05, 4.69) is 82.6 Å². The van der Waals surface area contributed by atoms with E-state index in [0.29, 0.717) is 13.5 Å². The smallest absolute Gasteiger partial charge is 0.192 e. The van der Waals surface area contributed by atoms with Crippen molar-refractivity contribution < 1.29 is 9.47 Å². The maximum Gasteiger partial charge on any atom is 0.192 e. The molecule has 2 aliphatic heterocycles. The average molecular weight is 432 g/mol. The lowest BCUT2D eigenvalue weighted by Gasteiger charge is -2.31. The molecule has 0 fully saturated rings. The molecule has 162 valence electrons. The Morgan fingerprint density at radius 1 is 0.515 bits per heavy atom. The molecule has 2 heterocycles. The van der Waals surface area contributed by atoms with Gasteiger partial charge >= 0.3 is 0 Å². The van der Waals surface area contributed by atoms with Crippen molar-refractivity contribution in [3.63, 3.8) is 0 Å². The summed E-state index contributed by atoms with van der Waals surface area (Å²) in [7, 11) is 0.916. The SMILES string of the molecule is B(c1ccc(N2COc3ccccc3C2)cc1)c1ccc(N2COc3ccccc3C2)cc1. The summed E-state index contributed by atoms with van der Waals surface area (Å²) in [6.45, 7) is 2.92. The first kappa shape index (κ1) is 19.8. The van der Waals surface area contributed by atoms with Crippen molar-refractivity contribution in [2.24, 2.45) is 0 Å². The quantitative estimate of drug-likeness (QED) is 0.459. The van der Waals surface area contributed by atoms with Crippen LogP contribution in [0.1, 0.15) is 11.1 Å². The topological polar surface area (TPSA) is 24.9 Å². The number of ether oxygens (including phenoxy) is 2. The maximum absolute atomic E-state index is 5.91. The molecule has 0 saturated heterocycles. The molecule has 33 heavy (non-hydrogen) atoms. The monoisotopic (exact) mass is 432 g/mol. The fourth-order valence-corrected chi connectivity index (χ4v) is 4.56. The molecule has 0 radical (unpaired) electrons. The Hall–Kier alpha value is -3.86. The lowest BCUT2D eigenvalue weighted by atomic mass is 9.64. The van der Waals surface area contributed by atoms with Crippen LogP contribution in [0.25, 0.3) is 0 Å². The molecular weight excluding hydrogens is 407 g/mol. The number of para-hydroxylation sites is 2. The predicted molar refractivity (Wildman–Crippen MR) is 136 cm³/mol. The first-order chi connectivity index (χ1) is 16.3. The molecule has 0 N–H and O–H groups in total. The summed E-state index contributed by atoms with van der Waals surface area (Å²) in [5, 5.41) is 0. The molecule has 0 atom stereocenters. The highest BCUT2D eigenvalue weighted by Crippen LogP contribution is 2.28. The average Bonchev–Trinajstić information content (AvgIpc) is 2.89. The Balaban J connectivity index is 1.10. The number of hydrogen-bond acceptors (Lipinski definition) is 4. The van der Waals surface area contributed by atoms with Crippen molar-refractivity contribution in [2.75, 3.05) is 23.3 Å². The number of benzene rings is 4. The van der Waals surface area contributed by atoms with Gasteiger partial charge in [0.2, 0.25) is 0 Å². The van der Waals surface area contributed by atoms with E-state index in [-0.39, 0.29) is 0 Å². The molecule has 4 nitrogen and oxygen atoms in total. The van der Waals surface area contributed by atoms with E-state index in [1.54, 1.807) is 0 Å². The van der Waals surface area contributed by atoms with Gasteiger partial charge in [-0.2, -0.15) is 0 Å². The molecule has 4 aromatic carbocycles. The maximum atomic E-state index is 5.91. The van der Waals surface area contributed by atoms with Crippen LogP contribution in [0, 0.1) is 0 Å². The van der Waals surface area contributed by atoms with Gasteiger partial charge in [0.05, 0.1) is 0 Å². The van der Waals surface area contributed by atoms with E-state index < -0.39 is 0 Å². The van der Waals surface area contributed by atoms with Gasteiger partial charge in [-0.3, -0.25) is 0 Å². The molecule has 6 rings (SSSR count). The third kappa shape index (κ3) is 4.14. The standard InChI is InChI=1S/C28H25BN2O2/c1-3-7-27-21(5-1)17-30(19-32-27)25-13-9-23(10-14-25)29-24-11-15-26(16-12-24)31-18-22-6-2-4-8-28(22)33-20-31/h1-16,29H,17-20H2. The van der Waals surface area contributed by atoms with Crippen molar-refractivity contribution in [1.29, 1.82) is 0 Å². The lowest BCUT2D eigenvalue weighted by Crippen LogP contribution is -2.33. The predicted octanol–water partition coefficient (Wildman–Crippen LogP) is 3.79. The summed E-state index contributed by atoms with van der Waals surface area (Å²) in [4.78, 5) is 4.53. The number of hydrogen-bond donors (Lipinski definition) is 0. The molecule has 0 spiro atoms. The Morgan fingerprint density at radius 3 is 1.39 bits per heavy atom. The summed E-state index contributed by atoms with van der Waals surface area (Å²) in [5.74, 6) is 1.99. The lowest BCUT2D eigenvalue weighted by molar-refractivity contribution is 0.289. The van der Waals surface area contributed by atoms with E-state index in [1.807, 2.05) is 24.3 Å². The number of fused-ring (bicyclic) bond motifs is 2. The van der Waals surface area contributed by atoms with Gasteiger partial charge in [-0.25, -0.2) is 0 Å². The van der Waals surface area contributed by atoms with E-state index in [4.69, 9.17) is 9.47 Å². The summed E-state index contributed by atoms with van der Waals surface area (Å²) in [5.41, 5.74) is 7.45. The fraction of sp³-hybridized carbons (Fsp3) is 0.143. The van der Waals surface area contributed by atoms with Gasteiger partial charge in [-0.05, 0) is 36.4 Å². The molecular formula is C28H25BN2O2. The molecule has 4 aromatic rings. The van der Waals surface area contributed by atoms with Crippen molar-refractivity contribution in [3.05, 3.63) is 108 Å². The van der Waals surface area contributed by atoms with Crippen molar-refractivity contribution >= 4 is 29.6 Å². The Bertz CT molecular complexity index is 1160. The van der Waals surface area contributed by atoms with Gasteiger partial charge in [0.25, 0.3) is 0 Å². The van der Waals surface area contributed by atoms with Crippen molar-refractivity contribution in [1.82, 2.24) is 0 Å². The molecule has 0 bridgehead atoms. The largest absolute Gasteiger partial charge is 0.473 e. The van der Waals surface area contributed by atoms with Crippen LogP contribution in [0.4, 0.5) is 11.4 Å². The van der Waals surface area contributed by atoms with E-state index in [1.165, 1.54) is 33.4 Å². The molecule has 0 aliphatic carbocycles. The van der Waals surface area contributed by atoms with Crippen LogP contribution in [-0.4, -0.2) is 20.7 Å². The van der Waals surface area contributed by atoms with Crippen molar-refractivity contribution in [2.45, 2.75) is 13.1 Å². The highest BCUT2D eigenvalue weighted by molar-refractivity contribution is 6.67. The first-order valence-electron chi connectivity index (χ1n) is 11.4. The van der Waals surface area contributed by atoms with Crippen LogP contribution >= 0.6 is 0 Å². The molecule has 0 aromatic heterocycles. The summed E-state index contributed by atoms with van der Waals surface area (Å²) >= 11 is 0. The second-order valence-corrected chi connectivity index (χ2v) is 8.67. The normalized spacial score (nSPS) is 14.5. The van der Waals surface area contributed by atoms with Crippen LogP contribution < -0.4 is 30.2 Å². The molecule has 0 amide bonds. The third-order valence-electron chi connectivity index (χ3n) is 6.43. The molecule has 5 heteroatoms. The minimum absolute atomic E-state index is 0.586. The molecule has 0 saturated carbocycles.